The third kappa shape index (κ3) is 6.66. The van der Waals surface area contributed by atoms with Gasteiger partial charge in [0.15, 0.2) is 0 Å². The summed E-state index contributed by atoms with van der Waals surface area (Å²) in [6.07, 6.45) is -5.12. The maximum Gasteiger partial charge on any atom is 0.575 e. The quantitative estimate of drug-likeness (QED) is 0.512. The van der Waals surface area contributed by atoms with Crippen molar-refractivity contribution in [3.63, 3.8) is 0 Å². The molecule has 0 saturated heterocycles. The zero-order valence-corrected chi connectivity index (χ0v) is 16.7. The number of carbonyl (C=O) groups is 2. The first kappa shape index (κ1) is 23.6. The number of esters is 1. The first-order valence-electron chi connectivity index (χ1n) is 8.24. The van der Waals surface area contributed by atoms with Gasteiger partial charge >= 0.3 is 24.4 Å². The van der Waals surface area contributed by atoms with Crippen molar-refractivity contribution in [3.05, 3.63) is 29.8 Å². The van der Waals surface area contributed by atoms with Crippen LogP contribution >= 0.6 is 0 Å². The minimum absolute atomic E-state index is 0.0172. The average Bonchev–Trinajstić information content (AvgIpc) is 2.66. The Morgan fingerprint density at radius 2 is 1.74 bits per heavy atom. The number of urea groups is 1. The van der Waals surface area contributed by atoms with E-state index in [1.165, 1.54) is 32.2 Å². The molecule has 0 radical (unpaired) electrons. The summed E-state index contributed by atoms with van der Waals surface area (Å²) in [6.45, 7) is 1.50. The standard InChI is InChI=1S/C15H15F3N6O6S/c1-3-29-10(25)8-6-4-5-7-9(8)31(27,28)24-13(26)21-12-20-11(19-2)22-14(23-12)30-15(16,17)18/h4-7H,3H2,1-2H3,(H3,19,20,21,22,23,24,26). The molecule has 168 valence electrons. The molecule has 2 amide bonds. The molecular formula is C15H15F3N6O6S. The van der Waals surface area contributed by atoms with E-state index in [1.54, 1.807) is 4.72 Å². The third-order valence-electron chi connectivity index (χ3n) is 3.17. The van der Waals surface area contributed by atoms with Crippen LogP contribution in [0.4, 0.5) is 29.9 Å². The molecule has 0 aliphatic rings. The van der Waals surface area contributed by atoms with E-state index in [9.17, 15) is 31.2 Å². The van der Waals surface area contributed by atoms with E-state index in [0.717, 1.165) is 6.07 Å². The second-order valence-electron chi connectivity index (χ2n) is 5.34. The SMILES string of the molecule is CCOC(=O)c1ccccc1S(=O)(=O)NC(=O)Nc1nc(NC)nc(OC(F)(F)F)n1. The van der Waals surface area contributed by atoms with Gasteiger partial charge in [0, 0.05) is 7.05 Å². The highest BCUT2D eigenvalue weighted by Crippen LogP contribution is 2.21. The number of benzene rings is 1. The largest absolute Gasteiger partial charge is 0.575 e. The van der Waals surface area contributed by atoms with Crippen LogP contribution in [-0.2, 0) is 14.8 Å². The molecule has 0 saturated carbocycles. The number of sulfonamides is 1. The fraction of sp³-hybridized carbons (Fsp3) is 0.267. The Morgan fingerprint density at radius 3 is 2.35 bits per heavy atom. The van der Waals surface area contributed by atoms with Gasteiger partial charge in [-0.15, -0.1) is 13.2 Å². The van der Waals surface area contributed by atoms with Gasteiger partial charge in [0.25, 0.3) is 10.0 Å². The van der Waals surface area contributed by atoms with E-state index < -0.39 is 51.2 Å². The number of carbonyl (C=O) groups excluding carboxylic acids is 2. The molecule has 3 N–H and O–H groups in total. The van der Waals surface area contributed by atoms with Crippen LogP contribution in [-0.4, -0.2) is 55.4 Å². The van der Waals surface area contributed by atoms with E-state index in [1.807, 2.05) is 5.32 Å². The van der Waals surface area contributed by atoms with Gasteiger partial charge in [-0.3, -0.25) is 5.32 Å². The van der Waals surface area contributed by atoms with E-state index >= 15 is 0 Å². The molecule has 0 aliphatic heterocycles. The number of hydrogen-bond donors (Lipinski definition) is 3. The van der Waals surface area contributed by atoms with Gasteiger partial charge in [-0.1, -0.05) is 12.1 Å². The molecule has 1 aromatic carbocycles. The number of alkyl halides is 3. The fourth-order valence-electron chi connectivity index (χ4n) is 2.06. The molecule has 0 fully saturated rings. The second kappa shape index (κ2) is 9.41. The summed E-state index contributed by atoms with van der Waals surface area (Å²) < 4.78 is 72.1. The minimum atomic E-state index is -5.12. The smallest absolute Gasteiger partial charge is 0.462 e. The minimum Gasteiger partial charge on any atom is -0.462 e. The van der Waals surface area contributed by atoms with Gasteiger partial charge in [0.1, 0.15) is 4.90 Å². The van der Waals surface area contributed by atoms with Crippen molar-refractivity contribution in [2.75, 3.05) is 24.3 Å². The van der Waals surface area contributed by atoms with Crippen LogP contribution in [0.3, 0.4) is 0 Å². The number of halogens is 3. The normalized spacial score (nSPS) is 11.4. The van der Waals surface area contributed by atoms with Crippen LogP contribution in [0.1, 0.15) is 17.3 Å². The van der Waals surface area contributed by atoms with E-state index in [4.69, 9.17) is 4.74 Å². The summed E-state index contributed by atoms with van der Waals surface area (Å²) in [7, 11) is -3.32. The van der Waals surface area contributed by atoms with Crippen molar-refractivity contribution in [3.8, 4) is 6.01 Å². The molecular weight excluding hydrogens is 449 g/mol. The summed E-state index contributed by atoms with van der Waals surface area (Å²) in [5.74, 6) is -2.08. The van der Waals surface area contributed by atoms with Crippen molar-refractivity contribution in [2.24, 2.45) is 0 Å². The van der Waals surface area contributed by atoms with Crippen LogP contribution in [0.15, 0.2) is 29.2 Å². The van der Waals surface area contributed by atoms with Crippen molar-refractivity contribution < 1.29 is 40.7 Å². The molecule has 0 atom stereocenters. The second-order valence-corrected chi connectivity index (χ2v) is 6.99. The van der Waals surface area contributed by atoms with Gasteiger partial charge in [-0.2, -0.15) is 15.0 Å². The van der Waals surface area contributed by atoms with Gasteiger partial charge in [-0.05, 0) is 19.1 Å². The molecule has 2 aromatic rings. The molecule has 0 aliphatic carbocycles. The maximum atomic E-state index is 12.5. The molecule has 1 aromatic heterocycles. The Morgan fingerprint density at radius 1 is 1.10 bits per heavy atom. The summed E-state index contributed by atoms with van der Waals surface area (Å²) in [4.78, 5) is 33.6. The van der Waals surface area contributed by atoms with Crippen molar-refractivity contribution in [2.45, 2.75) is 18.2 Å². The Kier molecular flexibility index (Phi) is 7.16. The summed E-state index contributed by atoms with van der Waals surface area (Å²) in [6, 6.07) is 2.30. The number of hydrogen-bond acceptors (Lipinski definition) is 10. The number of rotatable bonds is 7. The Balaban J connectivity index is 2.25. The molecule has 0 spiro atoms. The van der Waals surface area contributed by atoms with Crippen LogP contribution in [0, 0.1) is 0 Å². The number of aromatic nitrogens is 3. The average molecular weight is 464 g/mol. The number of amides is 2. The van der Waals surface area contributed by atoms with Crippen molar-refractivity contribution >= 4 is 33.9 Å². The first-order chi connectivity index (χ1) is 14.4. The topological polar surface area (TPSA) is 162 Å². The Hall–Kier alpha value is -3.69. The predicted molar refractivity (Wildman–Crippen MR) is 97.8 cm³/mol. The first-order valence-corrected chi connectivity index (χ1v) is 9.73. The lowest BCUT2D eigenvalue weighted by Crippen LogP contribution is -2.35. The highest BCUT2D eigenvalue weighted by Gasteiger charge is 2.33. The Labute approximate surface area is 173 Å². The number of nitrogens with zero attached hydrogens (tertiary/aromatic N) is 3. The molecule has 12 nitrogen and oxygen atoms in total. The van der Waals surface area contributed by atoms with Gasteiger partial charge < -0.3 is 14.8 Å². The van der Waals surface area contributed by atoms with Crippen molar-refractivity contribution in [1.82, 2.24) is 19.7 Å². The van der Waals surface area contributed by atoms with Gasteiger partial charge in [0.2, 0.25) is 11.9 Å². The lowest BCUT2D eigenvalue weighted by Gasteiger charge is -2.12. The fourth-order valence-corrected chi connectivity index (χ4v) is 3.16. The van der Waals surface area contributed by atoms with E-state index in [2.05, 4.69) is 25.0 Å². The maximum absolute atomic E-state index is 12.5. The Bertz CT molecular complexity index is 1080. The number of anilines is 2. The van der Waals surface area contributed by atoms with Crippen LogP contribution in [0.25, 0.3) is 0 Å². The molecule has 0 bridgehead atoms. The summed E-state index contributed by atoms with van der Waals surface area (Å²) >= 11 is 0. The highest BCUT2D eigenvalue weighted by molar-refractivity contribution is 7.90. The molecule has 1 heterocycles. The number of ether oxygens (including phenoxy) is 2. The molecule has 0 unspecified atom stereocenters. The van der Waals surface area contributed by atoms with Gasteiger partial charge in [-0.25, -0.2) is 22.7 Å². The molecule has 2 rings (SSSR count). The molecule has 16 heteroatoms. The van der Waals surface area contributed by atoms with Crippen molar-refractivity contribution in [1.29, 1.82) is 0 Å². The van der Waals surface area contributed by atoms with E-state index in [0.29, 0.717) is 0 Å². The zero-order chi connectivity index (χ0) is 23.2. The van der Waals surface area contributed by atoms with Crippen LogP contribution in [0.5, 0.6) is 6.01 Å². The highest BCUT2D eigenvalue weighted by atomic mass is 32.2. The lowest BCUT2D eigenvalue weighted by atomic mass is 10.2. The summed E-state index contributed by atoms with van der Waals surface area (Å²) in [5, 5.41) is 4.17. The monoisotopic (exact) mass is 464 g/mol. The van der Waals surface area contributed by atoms with Crippen LogP contribution < -0.4 is 20.1 Å². The lowest BCUT2D eigenvalue weighted by molar-refractivity contribution is -0.277. The van der Waals surface area contributed by atoms with Gasteiger partial charge in [0.05, 0.1) is 12.2 Å². The van der Waals surface area contributed by atoms with E-state index in [-0.39, 0.29) is 12.2 Å². The zero-order valence-electron chi connectivity index (χ0n) is 15.8. The third-order valence-corrected chi connectivity index (χ3v) is 4.56. The summed E-state index contributed by atoms with van der Waals surface area (Å²) in [5.41, 5.74) is -0.330. The van der Waals surface area contributed by atoms with Crippen LogP contribution in [0.2, 0.25) is 0 Å². The molecule has 31 heavy (non-hydrogen) atoms. The number of nitrogens with one attached hydrogen (secondary N) is 3. The predicted octanol–water partition coefficient (Wildman–Crippen LogP) is 1.50.